The maximum absolute atomic E-state index is 6.62. The van der Waals surface area contributed by atoms with Crippen LogP contribution in [0.5, 0.6) is 0 Å². The van der Waals surface area contributed by atoms with Gasteiger partial charge in [0.25, 0.3) is 0 Å². The lowest BCUT2D eigenvalue weighted by Gasteiger charge is -2.30. The average Bonchev–Trinajstić information content (AvgIpc) is 3.39. The molecule has 0 aliphatic carbocycles. The third-order valence-corrected chi connectivity index (χ3v) is 6.14. The van der Waals surface area contributed by atoms with Gasteiger partial charge in [0.1, 0.15) is 0 Å². The fraction of sp³-hybridized carbons (Fsp3) is 0.296. The second kappa shape index (κ2) is 10.6. The molecule has 3 N–H and O–H groups in total. The van der Waals surface area contributed by atoms with E-state index in [1.54, 1.807) is 0 Å². The van der Waals surface area contributed by atoms with Crippen molar-refractivity contribution >= 4 is 17.2 Å². The maximum Gasteiger partial charge on any atom is 0.157 e. The summed E-state index contributed by atoms with van der Waals surface area (Å²) in [6.45, 7) is 5.78. The summed E-state index contributed by atoms with van der Waals surface area (Å²) >= 11 is 0. The van der Waals surface area contributed by atoms with Gasteiger partial charge >= 0.3 is 0 Å². The number of anilines is 3. The quantitative estimate of drug-likeness (QED) is 0.375. The number of aromatic nitrogens is 4. The topological polar surface area (TPSA) is 94.1 Å². The first-order valence-electron chi connectivity index (χ1n) is 12.1. The second-order valence-corrected chi connectivity index (χ2v) is 8.73. The first-order chi connectivity index (χ1) is 17.2. The van der Waals surface area contributed by atoms with E-state index in [0.29, 0.717) is 24.7 Å². The van der Waals surface area contributed by atoms with Crippen LogP contribution in [0.1, 0.15) is 17.7 Å². The van der Waals surface area contributed by atoms with E-state index in [-0.39, 0.29) is 0 Å². The highest BCUT2D eigenvalue weighted by Gasteiger charge is 2.19. The zero-order valence-corrected chi connectivity index (χ0v) is 20.0. The summed E-state index contributed by atoms with van der Waals surface area (Å²) in [6.07, 6.45) is 5.59. The Morgan fingerprint density at radius 3 is 2.74 bits per heavy atom. The van der Waals surface area contributed by atoms with Gasteiger partial charge in [0.15, 0.2) is 11.6 Å². The standard InChI is InChI=1S/C27H31N7O/c1-20-6-4-7-21(18-20)23-10-13-34(32-23)25-19-24(33-14-16-35-17-15-33)26(28)27(31-25)30-12-5-9-22-8-2-3-11-29-22/h2-4,6-8,10-11,13,18-19H,5,9,12,14-17,28H2,1H3,(H,30,31). The number of rotatable bonds is 8. The Morgan fingerprint density at radius 1 is 1.06 bits per heavy atom. The molecule has 0 saturated carbocycles. The zero-order chi connectivity index (χ0) is 24.0. The van der Waals surface area contributed by atoms with Crippen molar-refractivity contribution < 1.29 is 4.74 Å². The molecule has 5 rings (SSSR count). The van der Waals surface area contributed by atoms with E-state index in [9.17, 15) is 0 Å². The molecule has 1 aliphatic rings. The Labute approximate surface area is 205 Å². The van der Waals surface area contributed by atoms with Crippen molar-refractivity contribution in [3.8, 4) is 17.1 Å². The normalized spacial score (nSPS) is 13.7. The maximum atomic E-state index is 6.62. The molecule has 0 radical (unpaired) electrons. The molecule has 1 saturated heterocycles. The summed E-state index contributed by atoms with van der Waals surface area (Å²) in [7, 11) is 0. The van der Waals surface area contributed by atoms with Crippen LogP contribution in [0.3, 0.4) is 0 Å². The van der Waals surface area contributed by atoms with Crippen molar-refractivity contribution in [3.05, 3.63) is 78.2 Å². The zero-order valence-electron chi connectivity index (χ0n) is 20.0. The minimum absolute atomic E-state index is 0.652. The molecule has 0 unspecified atom stereocenters. The average molecular weight is 470 g/mol. The Hall–Kier alpha value is -3.91. The van der Waals surface area contributed by atoms with Crippen LogP contribution in [-0.4, -0.2) is 52.6 Å². The summed E-state index contributed by atoms with van der Waals surface area (Å²) in [4.78, 5) is 11.5. The summed E-state index contributed by atoms with van der Waals surface area (Å²) in [5.41, 5.74) is 12.5. The fourth-order valence-corrected chi connectivity index (χ4v) is 4.28. The van der Waals surface area contributed by atoms with Gasteiger partial charge in [-0.3, -0.25) is 4.98 Å². The number of ether oxygens (including phenoxy) is 1. The monoisotopic (exact) mass is 469 g/mol. The number of hydrogen-bond donors (Lipinski definition) is 2. The van der Waals surface area contributed by atoms with Crippen LogP contribution in [0.15, 0.2) is 67.0 Å². The van der Waals surface area contributed by atoms with Crippen molar-refractivity contribution in [2.45, 2.75) is 19.8 Å². The third-order valence-electron chi connectivity index (χ3n) is 6.14. The van der Waals surface area contributed by atoms with Crippen LogP contribution in [0, 0.1) is 6.92 Å². The number of nitrogen functional groups attached to an aromatic ring is 1. The number of pyridine rings is 2. The van der Waals surface area contributed by atoms with Crippen molar-refractivity contribution in [2.24, 2.45) is 0 Å². The van der Waals surface area contributed by atoms with Gasteiger partial charge in [-0.05, 0) is 44.0 Å². The largest absolute Gasteiger partial charge is 0.394 e. The van der Waals surface area contributed by atoms with Crippen LogP contribution < -0.4 is 16.0 Å². The summed E-state index contributed by atoms with van der Waals surface area (Å²) in [5, 5.41) is 8.27. The highest BCUT2D eigenvalue weighted by atomic mass is 16.5. The lowest BCUT2D eigenvalue weighted by molar-refractivity contribution is 0.123. The van der Waals surface area contributed by atoms with Gasteiger partial charge in [0.2, 0.25) is 0 Å². The van der Waals surface area contributed by atoms with Gasteiger partial charge in [0.05, 0.1) is 30.3 Å². The number of nitrogens with zero attached hydrogens (tertiary/aromatic N) is 5. The number of benzene rings is 1. The van der Waals surface area contributed by atoms with Crippen molar-refractivity contribution in [2.75, 3.05) is 48.8 Å². The molecule has 3 aromatic heterocycles. The SMILES string of the molecule is Cc1cccc(-c2ccn(-c3cc(N4CCOCC4)c(N)c(NCCCc4ccccn4)n3)n2)c1. The lowest BCUT2D eigenvalue weighted by atomic mass is 10.1. The van der Waals surface area contributed by atoms with Gasteiger partial charge in [-0.1, -0.05) is 29.8 Å². The first kappa shape index (κ1) is 22.9. The van der Waals surface area contributed by atoms with E-state index in [0.717, 1.165) is 60.9 Å². The number of aryl methyl sites for hydroxylation is 2. The van der Waals surface area contributed by atoms with Gasteiger partial charge in [-0.2, -0.15) is 5.10 Å². The highest BCUT2D eigenvalue weighted by molar-refractivity contribution is 5.80. The highest BCUT2D eigenvalue weighted by Crippen LogP contribution is 2.32. The molecule has 1 aliphatic heterocycles. The minimum Gasteiger partial charge on any atom is -0.394 e. The number of nitrogens with two attached hydrogens (primary N) is 1. The van der Waals surface area contributed by atoms with Crippen LogP contribution in [0.4, 0.5) is 17.2 Å². The molecule has 0 amide bonds. The molecular formula is C27H31N7O. The Morgan fingerprint density at radius 2 is 1.94 bits per heavy atom. The van der Waals surface area contributed by atoms with Crippen LogP contribution >= 0.6 is 0 Å². The van der Waals surface area contributed by atoms with Crippen molar-refractivity contribution in [3.63, 3.8) is 0 Å². The van der Waals surface area contributed by atoms with E-state index < -0.39 is 0 Å². The molecule has 180 valence electrons. The lowest BCUT2D eigenvalue weighted by Crippen LogP contribution is -2.37. The minimum atomic E-state index is 0.652. The van der Waals surface area contributed by atoms with Crippen molar-refractivity contribution in [1.82, 2.24) is 19.7 Å². The molecule has 1 fully saturated rings. The van der Waals surface area contributed by atoms with Crippen LogP contribution in [0.2, 0.25) is 0 Å². The predicted molar refractivity (Wildman–Crippen MR) is 140 cm³/mol. The number of hydrogen-bond acceptors (Lipinski definition) is 7. The molecule has 1 aromatic carbocycles. The Bertz CT molecular complexity index is 1270. The summed E-state index contributed by atoms with van der Waals surface area (Å²) in [6, 6.07) is 18.4. The fourth-order valence-electron chi connectivity index (χ4n) is 4.28. The smallest absolute Gasteiger partial charge is 0.157 e. The molecular weight excluding hydrogens is 438 g/mol. The van der Waals surface area contributed by atoms with E-state index in [2.05, 4.69) is 46.4 Å². The van der Waals surface area contributed by atoms with Gasteiger partial charge < -0.3 is 20.7 Å². The molecule has 4 heterocycles. The summed E-state index contributed by atoms with van der Waals surface area (Å²) in [5.74, 6) is 1.41. The van der Waals surface area contributed by atoms with Gasteiger partial charge in [-0.25, -0.2) is 9.67 Å². The molecule has 8 heteroatoms. The molecule has 35 heavy (non-hydrogen) atoms. The Balaban J connectivity index is 1.40. The number of morpholine rings is 1. The molecule has 0 atom stereocenters. The second-order valence-electron chi connectivity index (χ2n) is 8.73. The van der Waals surface area contributed by atoms with E-state index in [4.69, 9.17) is 20.6 Å². The van der Waals surface area contributed by atoms with Gasteiger partial charge in [0, 0.05) is 49.4 Å². The van der Waals surface area contributed by atoms with E-state index >= 15 is 0 Å². The molecule has 8 nitrogen and oxygen atoms in total. The van der Waals surface area contributed by atoms with Crippen molar-refractivity contribution in [1.29, 1.82) is 0 Å². The number of nitrogens with one attached hydrogen (secondary N) is 1. The van der Waals surface area contributed by atoms with E-state index in [1.807, 2.05) is 47.4 Å². The predicted octanol–water partition coefficient (Wildman–Crippen LogP) is 4.10. The molecule has 4 aromatic rings. The third kappa shape index (κ3) is 5.44. The van der Waals surface area contributed by atoms with Crippen LogP contribution in [0.25, 0.3) is 17.1 Å². The first-order valence-corrected chi connectivity index (χ1v) is 12.1. The molecule has 0 bridgehead atoms. The van der Waals surface area contributed by atoms with Crippen LogP contribution in [-0.2, 0) is 11.2 Å². The summed E-state index contributed by atoms with van der Waals surface area (Å²) < 4.78 is 7.37. The van der Waals surface area contributed by atoms with E-state index in [1.165, 1.54) is 5.56 Å². The molecule has 0 spiro atoms. The Kier molecular flexibility index (Phi) is 6.90. The van der Waals surface area contributed by atoms with Gasteiger partial charge in [-0.15, -0.1) is 0 Å².